The lowest BCUT2D eigenvalue weighted by molar-refractivity contribution is 0.303. The first-order valence-electron chi connectivity index (χ1n) is 6.12. The van der Waals surface area contributed by atoms with E-state index in [0.717, 1.165) is 5.56 Å². The van der Waals surface area contributed by atoms with Crippen LogP contribution in [0, 0.1) is 26.6 Å². The Morgan fingerprint density at radius 3 is 2.26 bits per heavy atom. The number of hydrogen-bond donors (Lipinski definition) is 0. The second-order valence-electron chi connectivity index (χ2n) is 4.74. The molecule has 0 fully saturated rings. The van der Waals surface area contributed by atoms with Gasteiger partial charge < -0.3 is 4.74 Å². The molecule has 0 saturated carbocycles. The largest absolute Gasteiger partial charge is 0.489 e. The minimum absolute atomic E-state index is 0.310. The van der Waals surface area contributed by atoms with Crippen LogP contribution in [0.15, 0.2) is 34.8 Å². The third-order valence-electron chi connectivity index (χ3n) is 3.11. The van der Waals surface area contributed by atoms with Gasteiger partial charge in [-0.3, -0.25) is 0 Å². The van der Waals surface area contributed by atoms with Crippen molar-refractivity contribution in [1.29, 1.82) is 0 Å². The van der Waals surface area contributed by atoms with Crippen LogP contribution in [0.2, 0.25) is 0 Å². The highest BCUT2D eigenvalue weighted by Gasteiger charge is 2.06. The lowest BCUT2D eigenvalue weighted by Gasteiger charge is -2.13. The standard InChI is InChI=1S/C16H16BrFO/c1-10-6-11(2)14(12(3)7-10)9-19-13-4-5-15(17)16(18)8-13/h4-8H,9H2,1-3H3. The van der Waals surface area contributed by atoms with Crippen molar-refractivity contribution in [2.75, 3.05) is 0 Å². The molecule has 0 unspecified atom stereocenters. The van der Waals surface area contributed by atoms with E-state index in [1.165, 1.54) is 22.8 Å². The summed E-state index contributed by atoms with van der Waals surface area (Å²) in [6.45, 7) is 6.68. The van der Waals surface area contributed by atoms with Gasteiger partial charge in [0.2, 0.25) is 0 Å². The summed E-state index contributed by atoms with van der Waals surface area (Å²) in [5, 5.41) is 0. The summed E-state index contributed by atoms with van der Waals surface area (Å²) in [6.07, 6.45) is 0. The first-order chi connectivity index (χ1) is 8.97. The molecule has 2 aromatic carbocycles. The van der Waals surface area contributed by atoms with E-state index in [1.54, 1.807) is 12.1 Å². The summed E-state index contributed by atoms with van der Waals surface area (Å²) in [5.41, 5.74) is 4.81. The first-order valence-corrected chi connectivity index (χ1v) is 6.91. The number of rotatable bonds is 3. The van der Waals surface area contributed by atoms with Crippen LogP contribution in [0.25, 0.3) is 0 Å². The van der Waals surface area contributed by atoms with E-state index >= 15 is 0 Å². The van der Waals surface area contributed by atoms with E-state index in [1.807, 2.05) is 0 Å². The predicted octanol–water partition coefficient (Wildman–Crippen LogP) is 5.09. The van der Waals surface area contributed by atoms with Gasteiger partial charge in [-0.25, -0.2) is 4.39 Å². The average molecular weight is 323 g/mol. The van der Waals surface area contributed by atoms with Crippen LogP contribution >= 0.6 is 15.9 Å². The van der Waals surface area contributed by atoms with Gasteiger partial charge >= 0.3 is 0 Å². The van der Waals surface area contributed by atoms with E-state index in [4.69, 9.17) is 4.74 Å². The van der Waals surface area contributed by atoms with Crippen molar-refractivity contribution in [2.24, 2.45) is 0 Å². The smallest absolute Gasteiger partial charge is 0.141 e. The number of aryl methyl sites for hydroxylation is 3. The molecule has 0 bridgehead atoms. The van der Waals surface area contributed by atoms with Crippen LogP contribution in [-0.2, 0) is 6.61 Å². The Morgan fingerprint density at radius 2 is 1.68 bits per heavy atom. The molecule has 0 N–H and O–H groups in total. The Morgan fingerprint density at radius 1 is 1.05 bits per heavy atom. The summed E-state index contributed by atoms with van der Waals surface area (Å²) in [6, 6.07) is 9.07. The molecule has 0 heterocycles. The zero-order valence-corrected chi connectivity index (χ0v) is 12.8. The minimum atomic E-state index is -0.310. The molecule has 0 spiro atoms. The fourth-order valence-electron chi connectivity index (χ4n) is 2.16. The highest BCUT2D eigenvalue weighted by molar-refractivity contribution is 9.10. The molecular formula is C16H16BrFO. The maximum atomic E-state index is 13.4. The molecule has 0 aliphatic heterocycles. The number of hydrogen-bond acceptors (Lipinski definition) is 1. The molecule has 0 amide bonds. The second-order valence-corrected chi connectivity index (χ2v) is 5.60. The van der Waals surface area contributed by atoms with Gasteiger partial charge in [0.1, 0.15) is 18.2 Å². The quantitative estimate of drug-likeness (QED) is 0.764. The van der Waals surface area contributed by atoms with Gasteiger partial charge in [-0.05, 0) is 65.5 Å². The van der Waals surface area contributed by atoms with Crippen molar-refractivity contribution in [3.63, 3.8) is 0 Å². The van der Waals surface area contributed by atoms with Gasteiger partial charge in [0.05, 0.1) is 4.47 Å². The normalized spacial score (nSPS) is 10.6. The maximum absolute atomic E-state index is 13.4. The second kappa shape index (κ2) is 5.74. The van der Waals surface area contributed by atoms with Gasteiger partial charge in [0.25, 0.3) is 0 Å². The molecule has 3 heteroatoms. The summed E-state index contributed by atoms with van der Waals surface area (Å²) in [7, 11) is 0. The molecule has 1 nitrogen and oxygen atoms in total. The van der Waals surface area contributed by atoms with E-state index in [0.29, 0.717) is 16.8 Å². The van der Waals surface area contributed by atoms with Crippen molar-refractivity contribution in [1.82, 2.24) is 0 Å². The van der Waals surface area contributed by atoms with Crippen LogP contribution in [0.1, 0.15) is 22.3 Å². The molecule has 0 aromatic heterocycles. The van der Waals surface area contributed by atoms with Crippen molar-refractivity contribution >= 4 is 15.9 Å². The molecule has 0 radical (unpaired) electrons. The molecule has 0 aliphatic rings. The Hall–Kier alpha value is -1.35. The van der Waals surface area contributed by atoms with E-state index in [-0.39, 0.29) is 5.82 Å². The van der Waals surface area contributed by atoms with E-state index in [9.17, 15) is 4.39 Å². The van der Waals surface area contributed by atoms with Crippen molar-refractivity contribution in [3.8, 4) is 5.75 Å². The Balaban J connectivity index is 2.16. The zero-order chi connectivity index (χ0) is 14.0. The number of benzene rings is 2. The van der Waals surface area contributed by atoms with Crippen molar-refractivity contribution in [3.05, 3.63) is 62.9 Å². The molecule has 19 heavy (non-hydrogen) atoms. The number of ether oxygens (including phenoxy) is 1. The van der Waals surface area contributed by atoms with Crippen molar-refractivity contribution < 1.29 is 9.13 Å². The third-order valence-corrected chi connectivity index (χ3v) is 3.76. The van der Waals surface area contributed by atoms with Gasteiger partial charge in [-0.2, -0.15) is 0 Å². The van der Waals surface area contributed by atoms with Gasteiger partial charge in [-0.1, -0.05) is 17.7 Å². The third kappa shape index (κ3) is 3.35. The summed E-state index contributed by atoms with van der Waals surface area (Å²) < 4.78 is 19.5. The highest BCUT2D eigenvalue weighted by Crippen LogP contribution is 2.23. The first kappa shape index (κ1) is 14.1. The van der Waals surface area contributed by atoms with Crippen LogP contribution in [0.5, 0.6) is 5.75 Å². The molecule has 0 atom stereocenters. The molecule has 2 aromatic rings. The highest BCUT2D eigenvalue weighted by atomic mass is 79.9. The molecule has 2 rings (SSSR count). The number of halogens is 2. The zero-order valence-electron chi connectivity index (χ0n) is 11.3. The van der Waals surface area contributed by atoms with Crippen LogP contribution < -0.4 is 4.74 Å². The molecule has 100 valence electrons. The Labute approximate surface area is 121 Å². The topological polar surface area (TPSA) is 9.23 Å². The lowest BCUT2D eigenvalue weighted by atomic mass is 10.0. The SMILES string of the molecule is Cc1cc(C)c(COc2ccc(Br)c(F)c2)c(C)c1. The minimum Gasteiger partial charge on any atom is -0.489 e. The van der Waals surface area contributed by atoms with Gasteiger partial charge in [-0.15, -0.1) is 0 Å². The van der Waals surface area contributed by atoms with Gasteiger partial charge in [0, 0.05) is 6.07 Å². The fourth-order valence-corrected chi connectivity index (χ4v) is 2.41. The summed E-state index contributed by atoms with van der Waals surface area (Å²) in [4.78, 5) is 0. The predicted molar refractivity (Wildman–Crippen MR) is 79.1 cm³/mol. The van der Waals surface area contributed by atoms with Crippen LogP contribution in [-0.4, -0.2) is 0 Å². The average Bonchev–Trinajstić information content (AvgIpc) is 2.32. The Kier molecular flexibility index (Phi) is 4.25. The summed E-state index contributed by atoms with van der Waals surface area (Å²) in [5.74, 6) is 0.231. The molecule has 0 saturated heterocycles. The maximum Gasteiger partial charge on any atom is 0.141 e. The fraction of sp³-hybridized carbons (Fsp3) is 0.250. The van der Waals surface area contributed by atoms with Crippen LogP contribution in [0.3, 0.4) is 0 Å². The molecular weight excluding hydrogens is 307 g/mol. The monoisotopic (exact) mass is 322 g/mol. The van der Waals surface area contributed by atoms with Gasteiger partial charge in [0.15, 0.2) is 0 Å². The summed E-state index contributed by atoms with van der Waals surface area (Å²) >= 11 is 3.13. The van der Waals surface area contributed by atoms with Crippen molar-refractivity contribution in [2.45, 2.75) is 27.4 Å². The van der Waals surface area contributed by atoms with E-state index in [2.05, 4.69) is 48.8 Å². The lowest BCUT2D eigenvalue weighted by Crippen LogP contribution is -2.01. The van der Waals surface area contributed by atoms with Crippen LogP contribution in [0.4, 0.5) is 4.39 Å². The van der Waals surface area contributed by atoms with E-state index < -0.39 is 0 Å². The molecule has 0 aliphatic carbocycles. The Bertz CT molecular complexity index is 585.